The lowest BCUT2D eigenvalue weighted by molar-refractivity contribution is -0.148. The maximum Gasteiger partial charge on any atom is 0.416 e. The summed E-state index contributed by atoms with van der Waals surface area (Å²) in [6, 6.07) is 3.52. The van der Waals surface area contributed by atoms with Crippen LogP contribution < -0.4 is 0 Å². The van der Waals surface area contributed by atoms with E-state index < -0.39 is 29.7 Å². The molecule has 0 saturated carbocycles. The lowest BCUT2D eigenvalue weighted by Gasteiger charge is -2.30. The van der Waals surface area contributed by atoms with Crippen molar-refractivity contribution < 1.29 is 27.5 Å². The number of alkyl halides is 3. The van der Waals surface area contributed by atoms with Gasteiger partial charge in [0.05, 0.1) is 17.5 Å². The fourth-order valence-corrected chi connectivity index (χ4v) is 4.34. The van der Waals surface area contributed by atoms with Crippen LogP contribution >= 0.6 is 11.8 Å². The van der Waals surface area contributed by atoms with E-state index in [0.717, 1.165) is 25.0 Å². The molecule has 150 valence electrons. The van der Waals surface area contributed by atoms with E-state index in [-0.39, 0.29) is 23.5 Å². The molecule has 1 heterocycles. The maximum atomic E-state index is 13.0. The molecule has 1 amide bonds. The van der Waals surface area contributed by atoms with Gasteiger partial charge in [-0.15, -0.1) is 11.8 Å². The molecule has 2 atom stereocenters. The van der Waals surface area contributed by atoms with Gasteiger partial charge in [0.2, 0.25) is 0 Å². The number of ether oxygens (including phenoxy) is 1. The van der Waals surface area contributed by atoms with Crippen molar-refractivity contribution in [3.63, 3.8) is 0 Å². The van der Waals surface area contributed by atoms with E-state index in [2.05, 4.69) is 0 Å². The zero-order chi connectivity index (χ0) is 20.2. The number of rotatable bonds is 6. The third kappa shape index (κ3) is 5.18. The Balaban J connectivity index is 2.29. The van der Waals surface area contributed by atoms with Crippen LogP contribution in [-0.4, -0.2) is 40.6 Å². The van der Waals surface area contributed by atoms with Crippen LogP contribution in [0, 0.1) is 5.92 Å². The van der Waals surface area contributed by atoms with Gasteiger partial charge in [-0.1, -0.05) is 33.3 Å². The van der Waals surface area contributed by atoms with Crippen LogP contribution in [0.4, 0.5) is 13.2 Å². The molecule has 1 aliphatic rings. The predicted octanol–water partition coefficient (Wildman–Crippen LogP) is 4.59. The highest BCUT2D eigenvalue weighted by Gasteiger charge is 2.44. The van der Waals surface area contributed by atoms with Crippen molar-refractivity contribution in [2.75, 3.05) is 12.4 Å². The zero-order valence-corrected chi connectivity index (χ0v) is 16.4. The first-order valence-corrected chi connectivity index (χ1v) is 9.99. The molecule has 27 heavy (non-hydrogen) atoms. The molecule has 0 radical (unpaired) electrons. The molecule has 4 nitrogen and oxygen atoms in total. The zero-order valence-electron chi connectivity index (χ0n) is 15.6. The second-order valence-electron chi connectivity index (χ2n) is 6.80. The summed E-state index contributed by atoms with van der Waals surface area (Å²) in [6.45, 7) is 6.07. The molecule has 0 spiro atoms. The average Bonchev–Trinajstić information content (AvgIpc) is 3.06. The molecule has 2 unspecified atom stereocenters. The van der Waals surface area contributed by atoms with E-state index in [1.54, 1.807) is 0 Å². The number of nitrogens with zero attached hydrogens (tertiary/aromatic N) is 1. The highest BCUT2D eigenvalue weighted by molar-refractivity contribution is 8.00. The summed E-state index contributed by atoms with van der Waals surface area (Å²) in [6.07, 6.45) is -2.94. The summed E-state index contributed by atoms with van der Waals surface area (Å²) in [5.41, 5.74) is -0.965. The number of halogens is 3. The van der Waals surface area contributed by atoms with Gasteiger partial charge in [0, 0.05) is 11.3 Å². The summed E-state index contributed by atoms with van der Waals surface area (Å²) in [5, 5.41) is -0.296. The van der Waals surface area contributed by atoms with Crippen LogP contribution in [0.25, 0.3) is 0 Å². The Hall–Kier alpha value is -1.70. The quantitative estimate of drug-likeness (QED) is 0.515. The predicted molar refractivity (Wildman–Crippen MR) is 98.4 cm³/mol. The monoisotopic (exact) mass is 403 g/mol. The Kier molecular flexibility index (Phi) is 7.19. The van der Waals surface area contributed by atoms with Gasteiger partial charge in [0.1, 0.15) is 6.04 Å². The van der Waals surface area contributed by atoms with Crippen molar-refractivity contribution in [3.05, 3.63) is 35.4 Å². The summed E-state index contributed by atoms with van der Waals surface area (Å²) in [4.78, 5) is 26.9. The number of unbranched alkanes of at least 4 members (excludes halogenated alkanes) is 1. The van der Waals surface area contributed by atoms with Gasteiger partial charge < -0.3 is 9.64 Å². The lowest BCUT2D eigenvalue weighted by Crippen LogP contribution is -2.47. The minimum atomic E-state index is -4.54. The fraction of sp³-hybridized carbons (Fsp3) is 0.579. The summed E-state index contributed by atoms with van der Waals surface area (Å²) < 4.78 is 44.2. The molecule has 1 aromatic rings. The fourth-order valence-electron chi connectivity index (χ4n) is 2.87. The van der Waals surface area contributed by atoms with Crippen LogP contribution in [0.5, 0.6) is 0 Å². The van der Waals surface area contributed by atoms with E-state index in [0.29, 0.717) is 5.75 Å². The molecule has 0 bridgehead atoms. The molecule has 8 heteroatoms. The van der Waals surface area contributed by atoms with Crippen LogP contribution in [0.3, 0.4) is 0 Å². The third-order valence-corrected chi connectivity index (χ3v) is 5.91. The molecular weight excluding hydrogens is 379 g/mol. The minimum Gasteiger partial charge on any atom is -0.464 e. The number of thioether (sulfide) groups is 1. The van der Waals surface area contributed by atoms with Crippen LogP contribution in [0.2, 0.25) is 0 Å². The Morgan fingerprint density at radius 1 is 1.33 bits per heavy atom. The van der Waals surface area contributed by atoms with Crippen molar-refractivity contribution in [2.45, 2.75) is 51.2 Å². The van der Waals surface area contributed by atoms with E-state index >= 15 is 0 Å². The van der Waals surface area contributed by atoms with Crippen LogP contribution in [0.15, 0.2) is 24.3 Å². The highest BCUT2D eigenvalue weighted by Crippen LogP contribution is 2.36. The second-order valence-corrected chi connectivity index (χ2v) is 7.95. The molecule has 2 rings (SSSR count). The summed E-state index contributed by atoms with van der Waals surface area (Å²) >= 11 is 1.45. The number of benzene rings is 1. The second kappa shape index (κ2) is 8.99. The van der Waals surface area contributed by atoms with E-state index in [1.807, 2.05) is 20.8 Å². The number of hydrogen-bond donors (Lipinski definition) is 0. The van der Waals surface area contributed by atoms with Gasteiger partial charge in [0.15, 0.2) is 0 Å². The van der Waals surface area contributed by atoms with E-state index in [4.69, 9.17) is 4.74 Å². The first-order chi connectivity index (χ1) is 12.7. The molecular formula is C19H24F3NO3S. The largest absolute Gasteiger partial charge is 0.464 e. The van der Waals surface area contributed by atoms with Crippen molar-refractivity contribution in [2.24, 2.45) is 5.92 Å². The van der Waals surface area contributed by atoms with Crippen LogP contribution in [-0.2, 0) is 15.7 Å². The van der Waals surface area contributed by atoms with E-state index in [9.17, 15) is 22.8 Å². The van der Waals surface area contributed by atoms with Crippen molar-refractivity contribution in [3.8, 4) is 0 Å². The summed E-state index contributed by atoms with van der Waals surface area (Å²) in [5.74, 6) is -0.668. The van der Waals surface area contributed by atoms with Crippen molar-refractivity contribution in [1.29, 1.82) is 0 Å². The normalized spacial score (nSPS) is 20.2. The van der Waals surface area contributed by atoms with Gasteiger partial charge in [-0.3, -0.25) is 4.79 Å². The minimum absolute atomic E-state index is 0.0400. The molecule has 0 aliphatic carbocycles. The SMILES string of the molecule is CCCCOC(=O)C1CSC(C(C)C)N1C(=O)c1cccc(C(F)(F)F)c1. The van der Waals surface area contributed by atoms with Gasteiger partial charge in [-0.05, 0) is 30.5 Å². The maximum absolute atomic E-state index is 13.0. The average molecular weight is 403 g/mol. The molecule has 1 saturated heterocycles. The Morgan fingerprint density at radius 3 is 2.63 bits per heavy atom. The Bertz CT molecular complexity index is 678. The highest BCUT2D eigenvalue weighted by atomic mass is 32.2. The summed E-state index contributed by atoms with van der Waals surface area (Å²) in [7, 11) is 0. The third-order valence-electron chi connectivity index (χ3n) is 4.29. The molecule has 1 aromatic carbocycles. The molecule has 1 aliphatic heterocycles. The van der Waals surface area contributed by atoms with Crippen molar-refractivity contribution in [1.82, 2.24) is 4.90 Å². The topological polar surface area (TPSA) is 46.6 Å². The number of hydrogen-bond acceptors (Lipinski definition) is 4. The lowest BCUT2D eigenvalue weighted by atomic mass is 10.1. The van der Waals surface area contributed by atoms with Gasteiger partial charge >= 0.3 is 12.1 Å². The molecule has 0 aromatic heterocycles. The number of amides is 1. The first-order valence-electron chi connectivity index (χ1n) is 8.95. The van der Waals surface area contributed by atoms with E-state index in [1.165, 1.54) is 28.8 Å². The van der Waals surface area contributed by atoms with Crippen molar-refractivity contribution >= 4 is 23.6 Å². The standard InChI is InChI=1S/C19H24F3NO3S/c1-4-5-9-26-18(25)15-11-27-17(12(2)3)23(15)16(24)13-7-6-8-14(10-13)19(20,21)22/h6-8,10,12,15,17H,4-5,9,11H2,1-3H3. The van der Waals surface area contributed by atoms with Gasteiger partial charge in [-0.25, -0.2) is 4.79 Å². The molecule has 0 N–H and O–H groups in total. The number of carbonyl (C=O) groups is 2. The van der Waals surface area contributed by atoms with Gasteiger partial charge in [0.25, 0.3) is 5.91 Å². The molecule has 1 fully saturated rings. The Morgan fingerprint density at radius 2 is 2.04 bits per heavy atom. The van der Waals surface area contributed by atoms with Gasteiger partial charge in [-0.2, -0.15) is 13.2 Å². The number of esters is 1. The number of carbonyl (C=O) groups excluding carboxylic acids is 2. The Labute approximate surface area is 161 Å². The smallest absolute Gasteiger partial charge is 0.416 e. The van der Waals surface area contributed by atoms with Crippen LogP contribution in [0.1, 0.15) is 49.5 Å². The first kappa shape index (κ1) is 21.6.